The largest absolute Gasteiger partial charge is 0.378 e. The molecule has 20 heavy (non-hydrogen) atoms. The van der Waals surface area contributed by atoms with Crippen LogP contribution in [0.15, 0.2) is 24.3 Å². The minimum absolute atomic E-state index is 0.111. The predicted octanol–water partition coefficient (Wildman–Crippen LogP) is 3.50. The van der Waals surface area contributed by atoms with Gasteiger partial charge < -0.3 is 4.74 Å². The first kappa shape index (κ1) is 13.9. The molecule has 1 aliphatic rings. The molecule has 0 radical (unpaired) electrons. The molecule has 3 rings (SSSR count). The van der Waals surface area contributed by atoms with Crippen LogP contribution in [0.5, 0.6) is 0 Å². The third-order valence-corrected chi connectivity index (χ3v) is 5.06. The molecule has 2 aromatic rings. The highest BCUT2D eigenvalue weighted by atomic mass is 32.1. The summed E-state index contributed by atoms with van der Waals surface area (Å²) in [6.45, 7) is 0.882. The van der Waals surface area contributed by atoms with Crippen molar-refractivity contribution >= 4 is 21.4 Å². The molecule has 0 saturated carbocycles. The zero-order chi connectivity index (χ0) is 13.9. The van der Waals surface area contributed by atoms with Crippen LogP contribution in [0, 0.1) is 5.82 Å². The van der Waals surface area contributed by atoms with Gasteiger partial charge in [0.2, 0.25) is 0 Å². The molecule has 2 unspecified atom stereocenters. The summed E-state index contributed by atoms with van der Waals surface area (Å²) >= 11 is 1.60. The molecule has 3 N–H and O–H groups in total. The number of ether oxygens (including phenoxy) is 1. The molecular weight excluding hydrogens is 275 g/mol. The van der Waals surface area contributed by atoms with E-state index in [2.05, 4.69) is 11.5 Å². The van der Waals surface area contributed by atoms with Crippen molar-refractivity contribution in [3.63, 3.8) is 0 Å². The van der Waals surface area contributed by atoms with Crippen LogP contribution < -0.4 is 11.3 Å². The molecule has 1 aromatic carbocycles. The van der Waals surface area contributed by atoms with E-state index in [0.29, 0.717) is 6.10 Å². The Morgan fingerprint density at radius 3 is 3.10 bits per heavy atom. The van der Waals surface area contributed by atoms with Gasteiger partial charge in [0.15, 0.2) is 0 Å². The lowest BCUT2D eigenvalue weighted by Gasteiger charge is -2.16. The lowest BCUT2D eigenvalue weighted by Crippen LogP contribution is -2.28. The van der Waals surface area contributed by atoms with E-state index in [1.54, 1.807) is 17.4 Å². The fraction of sp³-hybridized carbons (Fsp3) is 0.467. The van der Waals surface area contributed by atoms with Crippen LogP contribution in [0.2, 0.25) is 0 Å². The Morgan fingerprint density at radius 2 is 2.35 bits per heavy atom. The standard InChI is InChI=1S/C15H19FN2OS/c16-11-4-3-10-8-15(20-14(10)9-11)13(18-17)6-5-12-2-1-7-19-12/h3-4,8-9,12-13,18H,1-2,5-7,17H2. The third-order valence-electron chi connectivity index (χ3n) is 3.85. The molecular formula is C15H19FN2OS. The van der Waals surface area contributed by atoms with Crippen LogP contribution in [0.25, 0.3) is 10.1 Å². The molecule has 0 spiro atoms. The predicted molar refractivity (Wildman–Crippen MR) is 80.1 cm³/mol. The highest BCUT2D eigenvalue weighted by Gasteiger charge is 2.19. The summed E-state index contributed by atoms with van der Waals surface area (Å²) in [4.78, 5) is 1.16. The van der Waals surface area contributed by atoms with E-state index in [9.17, 15) is 4.39 Å². The second kappa shape index (κ2) is 6.18. The van der Waals surface area contributed by atoms with Crippen LogP contribution in [0.3, 0.4) is 0 Å². The van der Waals surface area contributed by atoms with Gasteiger partial charge in [0.1, 0.15) is 5.82 Å². The highest BCUT2D eigenvalue weighted by molar-refractivity contribution is 7.19. The van der Waals surface area contributed by atoms with Gasteiger partial charge in [0.05, 0.1) is 12.1 Å². The second-order valence-corrected chi connectivity index (χ2v) is 6.38. The van der Waals surface area contributed by atoms with Gasteiger partial charge in [-0.25, -0.2) is 4.39 Å². The molecule has 1 fully saturated rings. The fourth-order valence-electron chi connectivity index (χ4n) is 2.73. The first-order valence-electron chi connectivity index (χ1n) is 7.03. The van der Waals surface area contributed by atoms with E-state index >= 15 is 0 Å². The average Bonchev–Trinajstić information content (AvgIpc) is 3.08. The molecule has 108 valence electrons. The molecule has 2 heterocycles. The monoisotopic (exact) mass is 294 g/mol. The van der Waals surface area contributed by atoms with E-state index in [1.165, 1.54) is 6.07 Å². The Kier molecular flexibility index (Phi) is 4.31. The number of rotatable bonds is 5. The van der Waals surface area contributed by atoms with Gasteiger partial charge in [-0.15, -0.1) is 11.3 Å². The third kappa shape index (κ3) is 3.01. The number of hydrogen-bond acceptors (Lipinski definition) is 4. The lowest BCUT2D eigenvalue weighted by atomic mass is 10.0. The number of hydrogen-bond donors (Lipinski definition) is 2. The van der Waals surface area contributed by atoms with E-state index in [0.717, 1.165) is 47.3 Å². The summed E-state index contributed by atoms with van der Waals surface area (Å²) in [6.07, 6.45) is 4.63. The van der Waals surface area contributed by atoms with Crippen molar-refractivity contribution in [1.29, 1.82) is 0 Å². The number of hydrazine groups is 1. The number of fused-ring (bicyclic) bond motifs is 1. The number of nitrogens with one attached hydrogen (secondary N) is 1. The van der Waals surface area contributed by atoms with Crippen LogP contribution in [-0.2, 0) is 4.74 Å². The Bertz CT molecular complexity index is 580. The summed E-state index contributed by atoms with van der Waals surface area (Å²) in [5.74, 6) is 5.49. The molecule has 1 saturated heterocycles. The maximum Gasteiger partial charge on any atom is 0.124 e. The van der Waals surface area contributed by atoms with Gasteiger partial charge in [-0.05, 0) is 49.3 Å². The van der Waals surface area contributed by atoms with E-state index in [4.69, 9.17) is 10.6 Å². The average molecular weight is 294 g/mol. The minimum atomic E-state index is -0.192. The number of nitrogens with two attached hydrogens (primary N) is 1. The van der Waals surface area contributed by atoms with Crippen molar-refractivity contribution < 1.29 is 9.13 Å². The highest BCUT2D eigenvalue weighted by Crippen LogP contribution is 2.33. The van der Waals surface area contributed by atoms with Crippen LogP contribution in [0.1, 0.15) is 36.6 Å². The van der Waals surface area contributed by atoms with Crippen molar-refractivity contribution in [2.24, 2.45) is 5.84 Å². The zero-order valence-electron chi connectivity index (χ0n) is 11.3. The summed E-state index contributed by atoms with van der Waals surface area (Å²) < 4.78 is 19.8. The molecule has 3 nitrogen and oxygen atoms in total. The summed E-state index contributed by atoms with van der Waals surface area (Å²) in [6, 6.07) is 7.10. The Balaban J connectivity index is 1.72. The smallest absolute Gasteiger partial charge is 0.124 e. The van der Waals surface area contributed by atoms with E-state index < -0.39 is 0 Å². The molecule has 2 atom stereocenters. The first-order chi connectivity index (χ1) is 9.76. The van der Waals surface area contributed by atoms with Crippen molar-refractivity contribution in [2.75, 3.05) is 6.61 Å². The summed E-state index contributed by atoms with van der Waals surface area (Å²) in [7, 11) is 0. The molecule has 1 aliphatic heterocycles. The number of halogens is 1. The van der Waals surface area contributed by atoms with Gasteiger partial charge >= 0.3 is 0 Å². The summed E-state index contributed by atoms with van der Waals surface area (Å²) in [5, 5.41) is 1.07. The molecule has 0 aliphatic carbocycles. The summed E-state index contributed by atoms with van der Waals surface area (Å²) in [5.41, 5.74) is 2.88. The lowest BCUT2D eigenvalue weighted by molar-refractivity contribution is 0.0997. The minimum Gasteiger partial charge on any atom is -0.378 e. The molecule has 0 amide bonds. The molecule has 5 heteroatoms. The van der Waals surface area contributed by atoms with Crippen molar-refractivity contribution in [3.8, 4) is 0 Å². The van der Waals surface area contributed by atoms with Gasteiger partial charge in [0.25, 0.3) is 0 Å². The molecule has 1 aromatic heterocycles. The maximum atomic E-state index is 13.2. The first-order valence-corrected chi connectivity index (χ1v) is 7.84. The molecule has 0 bridgehead atoms. The normalized spacial score (nSPS) is 20.6. The second-order valence-electron chi connectivity index (χ2n) is 5.26. The van der Waals surface area contributed by atoms with Crippen molar-refractivity contribution in [2.45, 2.75) is 37.8 Å². The van der Waals surface area contributed by atoms with Crippen LogP contribution in [-0.4, -0.2) is 12.7 Å². The van der Waals surface area contributed by atoms with Crippen LogP contribution in [0.4, 0.5) is 4.39 Å². The van der Waals surface area contributed by atoms with Crippen molar-refractivity contribution in [3.05, 3.63) is 35.0 Å². The SMILES string of the molecule is NNC(CCC1CCCO1)c1cc2ccc(F)cc2s1. The zero-order valence-corrected chi connectivity index (χ0v) is 12.1. The van der Waals surface area contributed by atoms with Gasteiger partial charge in [0, 0.05) is 16.2 Å². The van der Waals surface area contributed by atoms with E-state index in [-0.39, 0.29) is 11.9 Å². The fourth-order valence-corrected chi connectivity index (χ4v) is 3.91. The maximum absolute atomic E-state index is 13.2. The van der Waals surface area contributed by atoms with Crippen LogP contribution >= 0.6 is 11.3 Å². The number of thiophene rings is 1. The van der Waals surface area contributed by atoms with Gasteiger partial charge in [-0.3, -0.25) is 11.3 Å². The Labute approximate surface area is 121 Å². The Morgan fingerprint density at radius 1 is 1.45 bits per heavy atom. The van der Waals surface area contributed by atoms with Gasteiger partial charge in [-0.2, -0.15) is 0 Å². The van der Waals surface area contributed by atoms with E-state index in [1.807, 2.05) is 6.07 Å². The van der Waals surface area contributed by atoms with Gasteiger partial charge in [-0.1, -0.05) is 6.07 Å². The van der Waals surface area contributed by atoms with Crippen molar-refractivity contribution in [1.82, 2.24) is 5.43 Å². The topological polar surface area (TPSA) is 47.3 Å². The Hall–Kier alpha value is -1.01. The number of benzene rings is 1. The quantitative estimate of drug-likeness (QED) is 0.655.